The maximum absolute atomic E-state index is 2.53. The number of hydrogen-bond acceptors (Lipinski definition) is 0. The molecule has 0 heterocycles. The minimum absolute atomic E-state index is 0.393. The molecule has 0 aliphatic carbocycles. The Labute approximate surface area is 200 Å². The maximum Gasteiger partial charge on any atom is -0.0219 e. The number of allylic oxidation sites excluding steroid dienone is 8. The van der Waals surface area contributed by atoms with E-state index in [1.165, 1.54) is 86.5 Å². The summed E-state index contributed by atoms with van der Waals surface area (Å²) < 4.78 is 0. The first-order valence-corrected chi connectivity index (χ1v) is 12.9. The van der Waals surface area contributed by atoms with E-state index in [4.69, 9.17) is 0 Å². The second-order valence-corrected chi connectivity index (χ2v) is 10.1. The molecule has 0 saturated heterocycles. The zero-order valence-electron chi connectivity index (χ0n) is 22.3. The highest BCUT2D eigenvalue weighted by Gasteiger charge is 2.25. The molecule has 0 atom stereocenters. The quantitative estimate of drug-likeness (QED) is 0.241. The van der Waals surface area contributed by atoms with Crippen molar-refractivity contribution in [1.82, 2.24) is 0 Å². The molecule has 0 saturated carbocycles. The third kappa shape index (κ3) is 12.3. The van der Waals surface area contributed by atoms with Gasteiger partial charge in [-0.15, -0.1) is 0 Å². The van der Waals surface area contributed by atoms with Crippen molar-refractivity contribution in [3.05, 3.63) is 82.5 Å². The van der Waals surface area contributed by atoms with Crippen LogP contribution in [0.2, 0.25) is 0 Å². The number of rotatable bonds is 15. The van der Waals surface area contributed by atoms with E-state index in [1.807, 2.05) is 0 Å². The third-order valence-electron chi connectivity index (χ3n) is 6.96. The monoisotopic (exact) mass is 434 g/mol. The molecule has 0 aliphatic heterocycles. The van der Waals surface area contributed by atoms with Crippen LogP contribution in [0.5, 0.6) is 0 Å². The fraction of sp³-hybridized carbons (Fsp3) is 0.562. The second-order valence-electron chi connectivity index (χ2n) is 10.1. The van der Waals surface area contributed by atoms with Crippen LogP contribution in [0.25, 0.3) is 0 Å². The Bertz CT molecular complexity index is 746. The molecule has 0 amide bonds. The van der Waals surface area contributed by atoms with Gasteiger partial charge in [0.1, 0.15) is 0 Å². The van der Waals surface area contributed by atoms with E-state index in [2.05, 4.69) is 103 Å². The lowest BCUT2D eigenvalue weighted by Gasteiger charge is -2.31. The molecule has 0 aliphatic rings. The summed E-state index contributed by atoms with van der Waals surface area (Å²) in [5, 5.41) is 0. The molecular formula is C32H50. The Hall–Kier alpha value is -1.82. The van der Waals surface area contributed by atoms with Crippen LogP contribution in [0.1, 0.15) is 112 Å². The summed E-state index contributed by atoms with van der Waals surface area (Å²) >= 11 is 0. The molecule has 0 heteroatoms. The first-order chi connectivity index (χ1) is 15.3. The van der Waals surface area contributed by atoms with E-state index in [-0.39, 0.29) is 0 Å². The van der Waals surface area contributed by atoms with Crippen molar-refractivity contribution in [1.29, 1.82) is 0 Å². The van der Waals surface area contributed by atoms with E-state index in [0.29, 0.717) is 5.41 Å². The smallest absolute Gasteiger partial charge is 0.0219 e. The van der Waals surface area contributed by atoms with Gasteiger partial charge in [0.15, 0.2) is 0 Å². The van der Waals surface area contributed by atoms with Crippen molar-refractivity contribution in [2.75, 3.05) is 0 Å². The molecule has 1 rings (SSSR count). The van der Waals surface area contributed by atoms with Gasteiger partial charge in [-0.05, 0) is 110 Å². The zero-order chi connectivity index (χ0) is 23.8. The minimum atomic E-state index is 0.393. The number of hydrogen-bond donors (Lipinski definition) is 0. The van der Waals surface area contributed by atoms with E-state index in [9.17, 15) is 0 Å². The predicted molar refractivity (Wildman–Crippen MR) is 146 cm³/mol. The van der Waals surface area contributed by atoms with Crippen LogP contribution in [-0.2, 0) is 6.42 Å². The Morgan fingerprint density at radius 3 is 1.59 bits per heavy atom. The average molecular weight is 435 g/mol. The van der Waals surface area contributed by atoms with Gasteiger partial charge < -0.3 is 0 Å². The van der Waals surface area contributed by atoms with Gasteiger partial charge in [0.2, 0.25) is 0 Å². The molecule has 1 aromatic rings. The zero-order valence-corrected chi connectivity index (χ0v) is 22.3. The minimum Gasteiger partial charge on any atom is -0.0856 e. The fourth-order valence-electron chi connectivity index (χ4n) is 4.27. The molecule has 0 N–H and O–H groups in total. The molecule has 0 aromatic heterocycles. The van der Waals surface area contributed by atoms with Crippen LogP contribution < -0.4 is 0 Å². The van der Waals surface area contributed by atoms with E-state index < -0.39 is 0 Å². The van der Waals surface area contributed by atoms with Crippen molar-refractivity contribution in [2.45, 2.75) is 113 Å². The topological polar surface area (TPSA) is 0 Å². The normalized spacial score (nSPS) is 13.4. The largest absolute Gasteiger partial charge is 0.0856 e. The van der Waals surface area contributed by atoms with Gasteiger partial charge in [0.05, 0.1) is 0 Å². The Morgan fingerprint density at radius 1 is 0.656 bits per heavy atom. The summed E-state index contributed by atoms with van der Waals surface area (Å²) in [6, 6.07) is 11.0. The maximum atomic E-state index is 2.53. The van der Waals surface area contributed by atoms with Gasteiger partial charge in [-0.3, -0.25) is 0 Å². The van der Waals surface area contributed by atoms with Crippen LogP contribution in [-0.4, -0.2) is 0 Å². The van der Waals surface area contributed by atoms with Crippen molar-refractivity contribution < 1.29 is 0 Å². The van der Waals surface area contributed by atoms with Gasteiger partial charge in [-0.2, -0.15) is 0 Å². The van der Waals surface area contributed by atoms with Crippen molar-refractivity contribution >= 4 is 0 Å². The molecular weight excluding hydrogens is 384 g/mol. The SMILES string of the molecule is CCC(CC)(C/C=C(\C)CC/C=C(\C)CC/C=C(\C)CCC=C(C)C)Cc1ccccc1. The predicted octanol–water partition coefficient (Wildman–Crippen LogP) is 10.6. The summed E-state index contributed by atoms with van der Waals surface area (Å²) in [4.78, 5) is 0. The van der Waals surface area contributed by atoms with Crippen molar-refractivity contribution in [3.8, 4) is 0 Å². The van der Waals surface area contributed by atoms with Gasteiger partial charge in [-0.1, -0.05) is 90.8 Å². The summed E-state index contributed by atoms with van der Waals surface area (Å²) in [5.41, 5.74) is 7.90. The fourth-order valence-corrected chi connectivity index (χ4v) is 4.27. The lowest BCUT2D eigenvalue weighted by atomic mass is 9.74. The lowest BCUT2D eigenvalue weighted by Crippen LogP contribution is -2.21. The molecule has 0 unspecified atom stereocenters. The Balaban J connectivity index is 2.46. The van der Waals surface area contributed by atoms with Gasteiger partial charge in [0, 0.05) is 0 Å². The molecule has 0 radical (unpaired) electrons. The molecule has 0 nitrogen and oxygen atoms in total. The third-order valence-corrected chi connectivity index (χ3v) is 6.96. The summed E-state index contributed by atoms with van der Waals surface area (Å²) in [6.07, 6.45) is 21.7. The van der Waals surface area contributed by atoms with Gasteiger partial charge in [0.25, 0.3) is 0 Å². The van der Waals surface area contributed by atoms with Crippen LogP contribution in [0.15, 0.2) is 76.9 Å². The average Bonchev–Trinajstić information content (AvgIpc) is 2.77. The summed E-state index contributed by atoms with van der Waals surface area (Å²) in [6.45, 7) is 16.0. The van der Waals surface area contributed by atoms with Crippen LogP contribution in [0.4, 0.5) is 0 Å². The highest BCUT2D eigenvalue weighted by Crippen LogP contribution is 2.35. The first-order valence-electron chi connectivity index (χ1n) is 12.9. The van der Waals surface area contributed by atoms with Crippen LogP contribution in [0, 0.1) is 5.41 Å². The Kier molecular flexibility index (Phi) is 14.0. The molecule has 0 bridgehead atoms. The summed E-state index contributed by atoms with van der Waals surface area (Å²) in [7, 11) is 0. The van der Waals surface area contributed by atoms with E-state index >= 15 is 0 Å². The molecule has 1 aromatic carbocycles. The van der Waals surface area contributed by atoms with Crippen LogP contribution >= 0.6 is 0 Å². The lowest BCUT2D eigenvalue weighted by molar-refractivity contribution is 0.262. The van der Waals surface area contributed by atoms with Gasteiger partial charge >= 0.3 is 0 Å². The molecule has 0 fully saturated rings. The number of benzene rings is 1. The standard InChI is InChI=1S/C32H50/c1-8-32(9-2,26-31-22-11-10-12-23-31)25-24-30(7)21-15-20-29(6)19-14-18-28(5)17-13-16-27(3)4/h10-12,16,18,20,22-24H,8-9,13-15,17,19,21,25-26H2,1-7H3/b28-18+,29-20+,30-24+. The molecule has 178 valence electrons. The van der Waals surface area contributed by atoms with Crippen molar-refractivity contribution in [3.63, 3.8) is 0 Å². The molecule has 0 spiro atoms. The van der Waals surface area contributed by atoms with E-state index in [1.54, 1.807) is 5.57 Å². The first kappa shape index (κ1) is 28.2. The van der Waals surface area contributed by atoms with Crippen LogP contribution in [0.3, 0.4) is 0 Å². The van der Waals surface area contributed by atoms with Gasteiger partial charge in [-0.25, -0.2) is 0 Å². The van der Waals surface area contributed by atoms with E-state index in [0.717, 1.165) is 0 Å². The molecule has 32 heavy (non-hydrogen) atoms. The second kappa shape index (κ2) is 15.9. The highest BCUT2D eigenvalue weighted by atomic mass is 14.3. The van der Waals surface area contributed by atoms with Crippen molar-refractivity contribution in [2.24, 2.45) is 5.41 Å². The summed E-state index contributed by atoms with van der Waals surface area (Å²) in [5.74, 6) is 0. The highest BCUT2D eigenvalue weighted by molar-refractivity contribution is 5.17. The Morgan fingerprint density at radius 2 is 1.12 bits per heavy atom.